The molecule has 1 aliphatic rings. The van der Waals surface area contributed by atoms with Crippen LogP contribution < -0.4 is 5.32 Å². The highest BCUT2D eigenvalue weighted by Gasteiger charge is 2.40. The van der Waals surface area contributed by atoms with Crippen LogP contribution in [0.5, 0.6) is 0 Å². The Morgan fingerprint density at radius 3 is 2.33 bits per heavy atom. The molecule has 0 saturated carbocycles. The van der Waals surface area contributed by atoms with Gasteiger partial charge in [0.2, 0.25) is 5.91 Å². The summed E-state index contributed by atoms with van der Waals surface area (Å²) in [5.74, 6) is -0.566. The summed E-state index contributed by atoms with van der Waals surface area (Å²) in [5, 5.41) is 13.7. The molecule has 0 atom stereocenters. The second-order valence-electron chi connectivity index (χ2n) is 7.52. The SMILES string of the molecule is CC1(C)C(=O)Nc2cc(Br)cnc21.COC(=O)C(C)(C)c1ncc(Br)cc1[N+](=O)[O-]. The first kappa shape index (κ1) is 23.9. The number of esters is 1. The van der Waals surface area contributed by atoms with Crippen molar-refractivity contribution in [1.29, 1.82) is 0 Å². The maximum atomic E-state index is 11.6. The van der Waals surface area contributed by atoms with E-state index in [0.717, 1.165) is 15.9 Å². The van der Waals surface area contributed by atoms with Crippen LogP contribution in [0.4, 0.5) is 11.4 Å². The van der Waals surface area contributed by atoms with Crippen LogP contribution in [0.1, 0.15) is 39.1 Å². The number of methoxy groups -OCH3 is 1. The third-order valence-electron chi connectivity index (χ3n) is 4.58. The van der Waals surface area contributed by atoms with Crippen molar-refractivity contribution in [1.82, 2.24) is 9.97 Å². The minimum Gasteiger partial charge on any atom is -0.468 e. The average Bonchev–Trinajstić information content (AvgIpc) is 2.89. The summed E-state index contributed by atoms with van der Waals surface area (Å²) in [6.45, 7) is 6.80. The molecule has 2 aromatic heterocycles. The number of nitrogens with one attached hydrogen (secondary N) is 1. The summed E-state index contributed by atoms with van der Waals surface area (Å²) >= 11 is 6.41. The molecule has 1 amide bonds. The lowest BCUT2D eigenvalue weighted by atomic mass is 9.88. The predicted octanol–water partition coefficient (Wildman–Crippen LogP) is 4.28. The summed E-state index contributed by atoms with van der Waals surface area (Å²) in [4.78, 5) is 41.6. The number of hydrogen-bond donors (Lipinski definition) is 1. The monoisotopic (exact) mass is 542 g/mol. The van der Waals surface area contributed by atoms with Gasteiger partial charge in [-0.2, -0.15) is 0 Å². The summed E-state index contributed by atoms with van der Waals surface area (Å²) in [6, 6.07) is 3.18. The third-order valence-corrected chi connectivity index (χ3v) is 5.45. The van der Waals surface area contributed by atoms with Crippen molar-refractivity contribution in [3.05, 3.63) is 55.0 Å². The fraction of sp³-hybridized carbons (Fsp3) is 0.368. The molecule has 2 aromatic rings. The van der Waals surface area contributed by atoms with E-state index in [2.05, 4.69) is 51.9 Å². The van der Waals surface area contributed by atoms with Gasteiger partial charge in [-0.3, -0.25) is 29.7 Å². The van der Waals surface area contributed by atoms with E-state index in [1.54, 1.807) is 6.20 Å². The van der Waals surface area contributed by atoms with Crippen molar-refractivity contribution < 1.29 is 19.2 Å². The molecule has 11 heteroatoms. The lowest BCUT2D eigenvalue weighted by Crippen LogP contribution is -2.32. The van der Waals surface area contributed by atoms with Gasteiger partial charge in [-0.1, -0.05) is 0 Å². The third kappa shape index (κ3) is 4.67. The molecule has 3 heterocycles. The van der Waals surface area contributed by atoms with Gasteiger partial charge in [-0.25, -0.2) is 0 Å². The minimum atomic E-state index is -1.17. The van der Waals surface area contributed by atoms with Crippen LogP contribution in [0.2, 0.25) is 0 Å². The van der Waals surface area contributed by atoms with Crippen LogP contribution in [0.15, 0.2) is 33.5 Å². The topological polar surface area (TPSA) is 124 Å². The van der Waals surface area contributed by atoms with E-state index < -0.39 is 21.7 Å². The van der Waals surface area contributed by atoms with Crippen LogP contribution in [-0.4, -0.2) is 33.9 Å². The van der Waals surface area contributed by atoms with Crippen molar-refractivity contribution in [2.45, 2.75) is 38.5 Å². The Morgan fingerprint density at radius 1 is 1.20 bits per heavy atom. The number of nitro groups is 1. The number of amides is 1. The molecule has 0 spiro atoms. The molecule has 0 fully saturated rings. The Morgan fingerprint density at radius 2 is 1.77 bits per heavy atom. The first-order valence-electron chi connectivity index (χ1n) is 8.68. The Bertz CT molecular complexity index is 1020. The van der Waals surface area contributed by atoms with Crippen molar-refractivity contribution in [2.75, 3.05) is 12.4 Å². The van der Waals surface area contributed by atoms with Crippen LogP contribution in [0.3, 0.4) is 0 Å². The van der Waals surface area contributed by atoms with Crippen LogP contribution in [-0.2, 0) is 25.2 Å². The van der Waals surface area contributed by atoms with Gasteiger partial charge in [0.25, 0.3) is 5.69 Å². The van der Waals surface area contributed by atoms with Gasteiger partial charge in [-0.15, -0.1) is 0 Å². The van der Waals surface area contributed by atoms with Crippen molar-refractivity contribution in [3.8, 4) is 0 Å². The van der Waals surface area contributed by atoms with Crippen molar-refractivity contribution in [3.63, 3.8) is 0 Å². The highest BCUT2D eigenvalue weighted by Crippen LogP contribution is 2.36. The molecule has 1 N–H and O–H groups in total. The molecule has 160 valence electrons. The second kappa shape index (κ2) is 8.76. The summed E-state index contributed by atoms with van der Waals surface area (Å²) in [6.07, 6.45) is 3.12. The fourth-order valence-corrected chi connectivity index (χ4v) is 3.47. The largest absolute Gasteiger partial charge is 0.468 e. The molecular weight excluding hydrogens is 524 g/mol. The molecule has 0 saturated heterocycles. The van der Waals surface area contributed by atoms with E-state index in [4.69, 9.17) is 0 Å². The van der Waals surface area contributed by atoms with E-state index in [0.29, 0.717) is 4.47 Å². The zero-order valence-corrected chi connectivity index (χ0v) is 20.1. The number of rotatable bonds is 3. The van der Waals surface area contributed by atoms with Gasteiger partial charge in [0.1, 0.15) is 11.1 Å². The molecule has 0 aromatic carbocycles. The van der Waals surface area contributed by atoms with E-state index in [1.807, 2.05) is 19.9 Å². The van der Waals surface area contributed by atoms with E-state index >= 15 is 0 Å². The van der Waals surface area contributed by atoms with Gasteiger partial charge >= 0.3 is 5.97 Å². The Kier molecular flexibility index (Phi) is 6.97. The fourth-order valence-electron chi connectivity index (χ4n) is 2.82. The molecule has 3 rings (SSSR count). The van der Waals surface area contributed by atoms with Gasteiger partial charge in [0, 0.05) is 27.4 Å². The van der Waals surface area contributed by atoms with Gasteiger partial charge in [-0.05, 0) is 65.6 Å². The smallest absolute Gasteiger partial charge is 0.317 e. The Labute approximate surface area is 190 Å². The van der Waals surface area contributed by atoms with E-state index in [9.17, 15) is 19.7 Å². The quantitative estimate of drug-likeness (QED) is 0.348. The maximum absolute atomic E-state index is 11.6. The highest BCUT2D eigenvalue weighted by molar-refractivity contribution is 9.10. The number of ether oxygens (including phenoxy) is 1. The number of halogens is 2. The first-order valence-corrected chi connectivity index (χ1v) is 10.3. The molecule has 1 aliphatic heterocycles. The lowest BCUT2D eigenvalue weighted by Gasteiger charge is -2.20. The molecular formula is C19H20Br2N4O5. The van der Waals surface area contributed by atoms with E-state index in [-0.39, 0.29) is 17.3 Å². The van der Waals surface area contributed by atoms with Gasteiger partial charge in [0.05, 0.1) is 28.8 Å². The summed E-state index contributed by atoms with van der Waals surface area (Å²) in [5.41, 5.74) is -0.175. The molecule has 0 aliphatic carbocycles. The highest BCUT2D eigenvalue weighted by atomic mass is 79.9. The predicted molar refractivity (Wildman–Crippen MR) is 117 cm³/mol. The molecule has 0 radical (unpaired) electrons. The standard InChI is InChI=1S/C10H11BrN2O4.C9H9BrN2O/c1-10(2,9(14)17-3)8-7(13(15)16)4-6(11)5-12-8;1-9(2)7-6(12-8(9)13)3-5(10)4-11-7/h4-5H,1-3H3;3-4H,1-2H3,(H,12,13). The van der Waals surface area contributed by atoms with Crippen LogP contribution in [0.25, 0.3) is 0 Å². The number of carbonyl (C=O) groups excluding carboxylic acids is 2. The van der Waals surface area contributed by atoms with Crippen molar-refractivity contribution >= 4 is 55.1 Å². The summed E-state index contributed by atoms with van der Waals surface area (Å²) in [7, 11) is 1.23. The molecule has 9 nitrogen and oxygen atoms in total. The first-order chi connectivity index (χ1) is 13.8. The lowest BCUT2D eigenvalue weighted by molar-refractivity contribution is -0.386. The summed E-state index contributed by atoms with van der Waals surface area (Å²) < 4.78 is 5.98. The van der Waals surface area contributed by atoms with Crippen LogP contribution in [0, 0.1) is 10.1 Å². The number of aromatic nitrogens is 2. The van der Waals surface area contributed by atoms with Crippen LogP contribution >= 0.6 is 31.9 Å². The normalized spacial score (nSPS) is 14.2. The van der Waals surface area contributed by atoms with Gasteiger partial charge in [0.15, 0.2) is 0 Å². The number of anilines is 1. The number of nitrogens with zero attached hydrogens (tertiary/aromatic N) is 3. The molecule has 30 heavy (non-hydrogen) atoms. The molecule has 0 bridgehead atoms. The Hall–Kier alpha value is -2.40. The zero-order valence-electron chi connectivity index (χ0n) is 16.9. The minimum absolute atomic E-state index is 0.00750. The second-order valence-corrected chi connectivity index (χ2v) is 9.36. The molecule has 0 unspecified atom stereocenters. The number of hydrogen-bond acceptors (Lipinski definition) is 7. The van der Waals surface area contributed by atoms with E-state index in [1.165, 1.54) is 33.2 Å². The average molecular weight is 544 g/mol. The number of carbonyl (C=O) groups is 2. The van der Waals surface area contributed by atoms with Crippen molar-refractivity contribution in [2.24, 2.45) is 0 Å². The Balaban J connectivity index is 0.000000220. The number of fused-ring (bicyclic) bond motifs is 1. The van der Waals surface area contributed by atoms with Gasteiger partial charge < -0.3 is 10.1 Å². The zero-order chi connectivity index (χ0) is 22.9. The maximum Gasteiger partial charge on any atom is 0.317 e. The number of pyridine rings is 2.